The highest BCUT2D eigenvalue weighted by molar-refractivity contribution is 6.30. The first kappa shape index (κ1) is 23.6. The van der Waals surface area contributed by atoms with Gasteiger partial charge in [-0.25, -0.2) is 0 Å². The maximum atomic E-state index is 12.5. The molecule has 158 valence electrons. The number of carbonyl (C=O) groups excluding carboxylic acids is 1. The molecule has 0 saturated carbocycles. The second kappa shape index (κ2) is 10.4. The van der Waals surface area contributed by atoms with E-state index in [0.29, 0.717) is 11.9 Å². The normalized spacial score (nSPS) is 24.4. The minimum atomic E-state index is -0.0822. The standard InChI is InChI=1S/C20H29ClN4O.2ClH/c21-16-2-1-3-18(14-16)25-12-10-24(11-13-25)9-4-17-15-20(19(26)23-17)5-7-22-8-6-20;;/h1-3,14,17,22H,4-13,15H2,(H,23,26);2*1H/t17-;;/m0../s1. The van der Waals surface area contributed by atoms with E-state index < -0.39 is 0 Å². The van der Waals surface area contributed by atoms with Gasteiger partial charge < -0.3 is 15.5 Å². The predicted molar refractivity (Wildman–Crippen MR) is 120 cm³/mol. The Morgan fingerprint density at radius 3 is 2.50 bits per heavy atom. The molecule has 3 fully saturated rings. The van der Waals surface area contributed by atoms with E-state index in [1.54, 1.807) is 0 Å². The molecule has 1 amide bonds. The van der Waals surface area contributed by atoms with E-state index in [4.69, 9.17) is 11.6 Å². The number of amides is 1. The fourth-order valence-electron chi connectivity index (χ4n) is 4.71. The molecule has 8 heteroatoms. The number of piperazine rings is 1. The summed E-state index contributed by atoms with van der Waals surface area (Å²) in [6.45, 7) is 7.24. The van der Waals surface area contributed by atoms with Crippen molar-refractivity contribution in [3.63, 3.8) is 0 Å². The van der Waals surface area contributed by atoms with E-state index >= 15 is 0 Å². The topological polar surface area (TPSA) is 47.6 Å². The van der Waals surface area contributed by atoms with Gasteiger partial charge in [-0.2, -0.15) is 0 Å². The first-order valence-electron chi connectivity index (χ1n) is 9.89. The lowest BCUT2D eigenvalue weighted by Gasteiger charge is -2.36. The molecule has 3 heterocycles. The van der Waals surface area contributed by atoms with Crippen LogP contribution in [0.3, 0.4) is 0 Å². The molecule has 4 rings (SSSR count). The highest BCUT2D eigenvalue weighted by Crippen LogP contribution is 2.39. The number of nitrogens with one attached hydrogen (secondary N) is 2. The van der Waals surface area contributed by atoms with Gasteiger partial charge in [0.05, 0.1) is 5.41 Å². The Balaban J connectivity index is 0.00000140. The van der Waals surface area contributed by atoms with Crippen molar-refractivity contribution in [2.24, 2.45) is 5.41 Å². The van der Waals surface area contributed by atoms with Crippen molar-refractivity contribution in [2.75, 3.05) is 50.7 Å². The molecule has 1 atom stereocenters. The van der Waals surface area contributed by atoms with Gasteiger partial charge in [0.2, 0.25) is 5.91 Å². The molecule has 3 saturated heterocycles. The zero-order valence-corrected chi connectivity index (χ0v) is 18.6. The van der Waals surface area contributed by atoms with Crippen LogP contribution >= 0.6 is 36.4 Å². The molecule has 3 aliphatic heterocycles. The van der Waals surface area contributed by atoms with Crippen LogP contribution in [-0.2, 0) is 4.79 Å². The smallest absolute Gasteiger partial charge is 0.226 e. The second-order valence-corrected chi connectivity index (χ2v) is 8.44. The molecular formula is C20H31Cl3N4O. The van der Waals surface area contributed by atoms with Crippen LogP contribution < -0.4 is 15.5 Å². The molecule has 0 unspecified atom stereocenters. The average Bonchev–Trinajstić information content (AvgIpc) is 2.96. The third-order valence-corrected chi connectivity index (χ3v) is 6.59. The van der Waals surface area contributed by atoms with Crippen molar-refractivity contribution >= 4 is 48.0 Å². The first-order valence-corrected chi connectivity index (χ1v) is 10.3. The molecule has 1 spiro atoms. The summed E-state index contributed by atoms with van der Waals surface area (Å²) in [5.41, 5.74) is 1.13. The summed E-state index contributed by atoms with van der Waals surface area (Å²) in [5.74, 6) is 0.301. The number of halogens is 3. The summed E-state index contributed by atoms with van der Waals surface area (Å²) in [5, 5.41) is 7.45. The van der Waals surface area contributed by atoms with Crippen molar-refractivity contribution in [3.8, 4) is 0 Å². The number of hydrogen-bond acceptors (Lipinski definition) is 4. The second-order valence-electron chi connectivity index (χ2n) is 8.00. The van der Waals surface area contributed by atoms with Gasteiger partial charge in [0.15, 0.2) is 0 Å². The monoisotopic (exact) mass is 448 g/mol. The van der Waals surface area contributed by atoms with Gasteiger partial charge in [-0.1, -0.05) is 17.7 Å². The van der Waals surface area contributed by atoms with Gasteiger partial charge in [-0.3, -0.25) is 9.69 Å². The highest BCUT2D eigenvalue weighted by Gasteiger charge is 2.46. The van der Waals surface area contributed by atoms with Gasteiger partial charge in [-0.15, -0.1) is 24.8 Å². The molecule has 1 aromatic rings. The van der Waals surface area contributed by atoms with Crippen LogP contribution in [0.15, 0.2) is 24.3 Å². The lowest BCUT2D eigenvalue weighted by molar-refractivity contribution is -0.128. The maximum absolute atomic E-state index is 12.5. The van der Waals surface area contributed by atoms with Gasteiger partial charge in [0.25, 0.3) is 0 Å². The zero-order valence-electron chi connectivity index (χ0n) is 16.2. The van der Waals surface area contributed by atoms with E-state index in [1.165, 1.54) is 5.69 Å². The number of hydrogen-bond donors (Lipinski definition) is 2. The van der Waals surface area contributed by atoms with Crippen LogP contribution in [-0.4, -0.2) is 62.7 Å². The van der Waals surface area contributed by atoms with E-state index in [0.717, 1.165) is 76.5 Å². The largest absolute Gasteiger partial charge is 0.369 e. The Morgan fingerprint density at radius 1 is 1.11 bits per heavy atom. The molecule has 5 nitrogen and oxygen atoms in total. The predicted octanol–water partition coefficient (Wildman–Crippen LogP) is 2.95. The fraction of sp³-hybridized carbons (Fsp3) is 0.650. The van der Waals surface area contributed by atoms with Crippen molar-refractivity contribution < 1.29 is 4.79 Å². The quantitative estimate of drug-likeness (QED) is 0.742. The van der Waals surface area contributed by atoms with Crippen molar-refractivity contribution in [2.45, 2.75) is 31.7 Å². The van der Waals surface area contributed by atoms with E-state index in [-0.39, 0.29) is 30.2 Å². The molecule has 0 aliphatic carbocycles. The van der Waals surface area contributed by atoms with Crippen LogP contribution in [0.5, 0.6) is 0 Å². The Hall–Kier alpha value is -0.720. The van der Waals surface area contributed by atoms with Crippen molar-refractivity contribution in [1.29, 1.82) is 0 Å². The van der Waals surface area contributed by atoms with Gasteiger partial charge in [-0.05, 0) is 57.0 Å². The summed E-state index contributed by atoms with van der Waals surface area (Å²) >= 11 is 6.11. The lowest BCUT2D eigenvalue weighted by atomic mass is 9.76. The molecule has 0 aromatic heterocycles. The molecule has 28 heavy (non-hydrogen) atoms. The fourth-order valence-corrected chi connectivity index (χ4v) is 4.89. The zero-order chi connectivity index (χ0) is 18.0. The van der Waals surface area contributed by atoms with Crippen molar-refractivity contribution in [3.05, 3.63) is 29.3 Å². The third kappa shape index (κ3) is 5.25. The van der Waals surface area contributed by atoms with Gasteiger partial charge in [0.1, 0.15) is 0 Å². The molecule has 2 N–H and O–H groups in total. The first-order chi connectivity index (χ1) is 12.6. The van der Waals surface area contributed by atoms with Crippen molar-refractivity contribution in [1.82, 2.24) is 15.5 Å². The van der Waals surface area contributed by atoms with Crippen LogP contribution in [0.2, 0.25) is 5.02 Å². The summed E-state index contributed by atoms with van der Waals surface area (Å²) in [6, 6.07) is 8.47. The van der Waals surface area contributed by atoms with Gasteiger partial charge in [0, 0.05) is 49.5 Å². The summed E-state index contributed by atoms with van der Waals surface area (Å²) in [4.78, 5) is 17.4. The van der Waals surface area contributed by atoms with Crippen LogP contribution in [0.4, 0.5) is 5.69 Å². The Morgan fingerprint density at radius 2 is 1.82 bits per heavy atom. The maximum Gasteiger partial charge on any atom is 0.226 e. The van der Waals surface area contributed by atoms with E-state index in [2.05, 4.69) is 26.5 Å². The number of nitrogens with zero attached hydrogens (tertiary/aromatic N) is 2. The molecule has 1 aromatic carbocycles. The highest BCUT2D eigenvalue weighted by atomic mass is 35.5. The Bertz CT molecular complexity index is 646. The Labute approximate surface area is 185 Å². The SMILES string of the molecule is Cl.Cl.O=C1N[C@@H](CCN2CCN(c3cccc(Cl)c3)CC2)CC12CCNCC2. The molecule has 0 radical (unpaired) electrons. The molecule has 3 aliphatic rings. The average molecular weight is 450 g/mol. The van der Waals surface area contributed by atoms with Crippen LogP contribution in [0.1, 0.15) is 25.7 Å². The summed E-state index contributed by atoms with van der Waals surface area (Å²) in [7, 11) is 0. The van der Waals surface area contributed by atoms with E-state index in [9.17, 15) is 4.79 Å². The van der Waals surface area contributed by atoms with Crippen LogP contribution in [0, 0.1) is 5.41 Å². The third-order valence-electron chi connectivity index (χ3n) is 6.35. The minimum Gasteiger partial charge on any atom is -0.369 e. The van der Waals surface area contributed by atoms with Gasteiger partial charge >= 0.3 is 0 Å². The summed E-state index contributed by atoms with van der Waals surface area (Å²) in [6.07, 6.45) is 4.08. The summed E-state index contributed by atoms with van der Waals surface area (Å²) < 4.78 is 0. The molecular weight excluding hydrogens is 419 g/mol. The number of anilines is 1. The number of carbonyl (C=O) groups is 1. The number of piperidine rings is 1. The Kier molecular flexibility index (Phi) is 8.71. The minimum absolute atomic E-state index is 0. The molecule has 0 bridgehead atoms. The lowest BCUT2D eigenvalue weighted by Crippen LogP contribution is -2.47. The number of benzene rings is 1. The van der Waals surface area contributed by atoms with Crippen LogP contribution in [0.25, 0.3) is 0 Å². The van der Waals surface area contributed by atoms with E-state index in [1.807, 2.05) is 18.2 Å². The number of rotatable bonds is 4.